The molecular weight excluding hydrogens is 459 g/mol. The summed E-state index contributed by atoms with van der Waals surface area (Å²) in [5.41, 5.74) is -0.246. The van der Waals surface area contributed by atoms with Gasteiger partial charge in [0.15, 0.2) is 11.6 Å². The molecule has 0 heterocycles. The molecule has 0 radical (unpaired) electrons. The van der Waals surface area contributed by atoms with Crippen molar-refractivity contribution in [3.05, 3.63) is 70.0 Å². The van der Waals surface area contributed by atoms with E-state index < -0.39 is 35.2 Å². The van der Waals surface area contributed by atoms with Crippen molar-refractivity contribution < 1.29 is 26.7 Å². The number of aryl methyl sites for hydroxylation is 1. The quantitative estimate of drug-likeness (QED) is 0.222. The van der Waals surface area contributed by atoms with Gasteiger partial charge in [-0.15, -0.1) is 0 Å². The van der Waals surface area contributed by atoms with Crippen molar-refractivity contribution in [2.45, 2.75) is 103 Å². The molecule has 6 heteroatoms. The summed E-state index contributed by atoms with van der Waals surface area (Å²) in [7, 11) is 0. The molecule has 1 atom stereocenters. The van der Waals surface area contributed by atoms with Gasteiger partial charge in [-0.2, -0.15) is 8.78 Å². The van der Waals surface area contributed by atoms with Gasteiger partial charge in [-0.25, -0.2) is 13.2 Å². The lowest BCUT2D eigenvalue weighted by atomic mass is 9.77. The average molecular weight is 497 g/mol. The van der Waals surface area contributed by atoms with E-state index in [0.29, 0.717) is 17.9 Å². The van der Waals surface area contributed by atoms with Crippen molar-refractivity contribution in [2.24, 2.45) is 5.92 Å². The lowest BCUT2D eigenvalue weighted by Crippen LogP contribution is -2.23. The van der Waals surface area contributed by atoms with E-state index >= 15 is 0 Å². The van der Waals surface area contributed by atoms with Crippen LogP contribution in [-0.4, -0.2) is 0 Å². The first-order valence-electron chi connectivity index (χ1n) is 13.0. The summed E-state index contributed by atoms with van der Waals surface area (Å²) in [4.78, 5) is 0. The average Bonchev–Trinajstić information content (AvgIpc) is 2.82. The van der Waals surface area contributed by atoms with Gasteiger partial charge in [0.05, 0.1) is 11.7 Å². The van der Waals surface area contributed by atoms with Crippen LogP contribution in [0.5, 0.6) is 0 Å². The monoisotopic (exact) mass is 496 g/mol. The third-order valence-electron chi connectivity index (χ3n) is 7.33. The largest absolute Gasteiger partial charge is 0.386 e. The van der Waals surface area contributed by atoms with E-state index in [4.69, 9.17) is 4.74 Å². The van der Waals surface area contributed by atoms with E-state index in [9.17, 15) is 22.0 Å². The number of alkyl halides is 2. The topological polar surface area (TPSA) is 9.23 Å². The summed E-state index contributed by atoms with van der Waals surface area (Å²) in [6, 6.07) is 6.49. The minimum atomic E-state index is -4.07. The number of unbranched alkanes of at least 4 members (excludes halogenated alkanes) is 2. The molecule has 0 bridgehead atoms. The van der Waals surface area contributed by atoms with E-state index in [0.717, 1.165) is 63.9 Å². The molecule has 1 aliphatic rings. The second-order valence-electron chi connectivity index (χ2n) is 9.92. The third kappa shape index (κ3) is 6.84. The minimum absolute atomic E-state index is 0.158. The predicted octanol–water partition coefficient (Wildman–Crippen LogP) is 9.74. The fourth-order valence-electron chi connectivity index (χ4n) is 5.21. The Hall–Kier alpha value is -1.95. The van der Waals surface area contributed by atoms with E-state index in [-0.39, 0.29) is 17.0 Å². The molecule has 0 aliphatic heterocycles. The minimum Gasteiger partial charge on any atom is -0.309 e. The maximum absolute atomic E-state index is 14.9. The number of ether oxygens (including phenoxy) is 1. The van der Waals surface area contributed by atoms with Crippen LogP contribution in [0.3, 0.4) is 0 Å². The highest BCUT2D eigenvalue weighted by Crippen LogP contribution is 2.42. The molecule has 0 aromatic heterocycles. The standard InChI is InChI=1S/C29H37F5O/c1-4-6-7-9-22-14-15-23(18-26(22)30)19(3)35-29(33,34)25-17-16-24(27(31)28(25)32)21-12-10-20(8-5-2)11-13-21/h14-21H,4-13H2,1-3H3. The molecule has 0 N–H and O–H groups in total. The zero-order valence-corrected chi connectivity index (χ0v) is 21.0. The molecule has 1 saturated carbocycles. The lowest BCUT2D eigenvalue weighted by molar-refractivity contribution is -0.273. The number of benzene rings is 2. The molecular formula is C29H37F5O. The molecule has 0 amide bonds. The maximum atomic E-state index is 14.9. The van der Waals surface area contributed by atoms with Gasteiger partial charge in [0.2, 0.25) is 0 Å². The number of halogens is 5. The van der Waals surface area contributed by atoms with Gasteiger partial charge in [0.25, 0.3) is 0 Å². The van der Waals surface area contributed by atoms with E-state index in [1.54, 1.807) is 12.1 Å². The number of hydrogen-bond donors (Lipinski definition) is 0. The highest BCUT2D eigenvalue weighted by atomic mass is 19.3. The van der Waals surface area contributed by atoms with Crippen LogP contribution in [0.2, 0.25) is 0 Å². The first-order valence-corrected chi connectivity index (χ1v) is 13.0. The zero-order chi connectivity index (χ0) is 25.6. The fourth-order valence-corrected chi connectivity index (χ4v) is 5.21. The van der Waals surface area contributed by atoms with Crippen LogP contribution in [0.25, 0.3) is 0 Å². The Labute approximate surface area is 206 Å². The Kier molecular flexibility index (Phi) is 9.74. The molecule has 194 valence electrons. The molecule has 1 unspecified atom stereocenters. The molecule has 0 saturated heterocycles. The van der Waals surface area contributed by atoms with Crippen LogP contribution >= 0.6 is 0 Å². The fraction of sp³-hybridized carbons (Fsp3) is 0.586. The van der Waals surface area contributed by atoms with Gasteiger partial charge in [0.1, 0.15) is 5.82 Å². The Morgan fingerprint density at radius 3 is 2.26 bits per heavy atom. The van der Waals surface area contributed by atoms with Crippen molar-refractivity contribution in [3.63, 3.8) is 0 Å². The molecule has 2 aromatic carbocycles. The second kappa shape index (κ2) is 12.3. The van der Waals surface area contributed by atoms with Crippen molar-refractivity contribution >= 4 is 0 Å². The molecule has 2 aromatic rings. The summed E-state index contributed by atoms with van der Waals surface area (Å²) in [5, 5.41) is 0. The SMILES string of the molecule is CCCCCc1ccc(C(C)OC(F)(F)c2ccc(C3CCC(CCC)CC3)c(F)c2F)cc1F. The smallest absolute Gasteiger partial charge is 0.309 e. The molecule has 3 rings (SSSR count). The van der Waals surface area contributed by atoms with Crippen LogP contribution in [0.1, 0.15) is 113 Å². The Balaban J connectivity index is 1.71. The summed E-state index contributed by atoms with van der Waals surface area (Å²) in [6.07, 6.45) is 3.66. The highest BCUT2D eigenvalue weighted by Gasteiger charge is 2.40. The summed E-state index contributed by atoms with van der Waals surface area (Å²) < 4.78 is 78.8. The Morgan fingerprint density at radius 1 is 0.914 bits per heavy atom. The van der Waals surface area contributed by atoms with Crippen LogP contribution in [0.4, 0.5) is 22.0 Å². The van der Waals surface area contributed by atoms with Crippen molar-refractivity contribution in [1.82, 2.24) is 0 Å². The van der Waals surface area contributed by atoms with Gasteiger partial charge in [-0.1, -0.05) is 57.7 Å². The van der Waals surface area contributed by atoms with Crippen molar-refractivity contribution in [1.29, 1.82) is 0 Å². The third-order valence-corrected chi connectivity index (χ3v) is 7.33. The zero-order valence-electron chi connectivity index (χ0n) is 21.0. The highest BCUT2D eigenvalue weighted by molar-refractivity contribution is 5.31. The van der Waals surface area contributed by atoms with Gasteiger partial charge in [-0.05, 0) is 86.1 Å². The van der Waals surface area contributed by atoms with E-state index in [2.05, 4.69) is 13.8 Å². The molecule has 0 spiro atoms. The summed E-state index contributed by atoms with van der Waals surface area (Å²) >= 11 is 0. The van der Waals surface area contributed by atoms with Crippen LogP contribution in [0.15, 0.2) is 30.3 Å². The predicted molar refractivity (Wildman–Crippen MR) is 129 cm³/mol. The molecule has 1 nitrogen and oxygen atoms in total. The van der Waals surface area contributed by atoms with Crippen molar-refractivity contribution in [2.75, 3.05) is 0 Å². The Morgan fingerprint density at radius 2 is 1.63 bits per heavy atom. The van der Waals surface area contributed by atoms with Gasteiger partial charge in [0, 0.05) is 0 Å². The van der Waals surface area contributed by atoms with E-state index in [1.807, 2.05) is 0 Å². The lowest BCUT2D eigenvalue weighted by Gasteiger charge is -2.29. The second-order valence-corrected chi connectivity index (χ2v) is 9.92. The number of rotatable bonds is 11. The Bertz CT molecular complexity index is 966. The first-order chi connectivity index (χ1) is 16.7. The van der Waals surface area contributed by atoms with Gasteiger partial charge >= 0.3 is 6.11 Å². The van der Waals surface area contributed by atoms with Gasteiger partial charge < -0.3 is 4.74 Å². The maximum Gasteiger partial charge on any atom is 0.386 e. The normalized spacial score (nSPS) is 19.7. The van der Waals surface area contributed by atoms with Crippen LogP contribution in [0, 0.1) is 23.4 Å². The molecule has 1 aliphatic carbocycles. The van der Waals surface area contributed by atoms with Crippen LogP contribution in [-0.2, 0) is 17.3 Å². The van der Waals surface area contributed by atoms with E-state index in [1.165, 1.54) is 19.1 Å². The molecule has 35 heavy (non-hydrogen) atoms. The summed E-state index contributed by atoms with van der Waals surface area (Å²) in [5.74, 6) is -2.85. The first kappa shape index (κ1) is 27.6. The van der Waals surface area contributed by atoms with Crippen molar-refractivity contribution in [3.8, 4) is 0 Å². The molecule has 1 fully saturated rings. The number of hydrogen-bond acceptors (Lipinski definition) is 1. The van der Waals surface area contributed by atoms with Crippen LogP contribution < -0.4 is 0 Å². The summed E-state index contributed by atoms with van der Waals surface area (Å²) in [6.45, 7) is 5.53. The van der Waals surface area contributed by atoms with Gasteiger partial charge in [-0.3, -0.25) is 0 Å².